The summed E-state index contributed by atoms with van der Waals surface area (Å²) >= 11 is 0. The van der Waals surface area contributed by atoms with Gasteiger partial charge in [0, 0.05) is 0 Å². The largest absolute Gasteiger partial charge is 0.373 e. The van der Waals surface area contributed by atoms with Gasteiger partial charge >= 0.3 is 5.97 Å². The Bertz CT molecular complexity index is 399. The normalized spacial score (nSPS) is 16.6. The first-order valence-corrected chi connectivity index (χ1v) is 6.62. The van der Waals surface area contributed by atoms with Crippen LogP contribution < -0.4 is 0 Å². The minimum Gasteiger partial charge on any atom is -0.293 e. The molecule has 0 N–H and O–H groups in total. The van der Waals surface area contributed by atoms with E-state index in [9.17, 15) is 4.79 Å². The zero-order valence-corrected chi connectivity index (χ0v) is 11.1. The van der Waals surface area contributed by atoms with Crippen molar-refractivity contribution in [3.63, 3.8) is 0 Å². The molecule has 0 saturated heterocycles. The quantitative estimate of drug-likeness (QED) is 0.604. The summed E-state index contributed by atoms with van der Waals surface area (Å²) in [5.41, 5.74) is 2.47. The fraction of sp³-hybridized carbons (Fsp3) is 0.533. The van der Waals surface area contributed by atoms with Crippen molar-refractivity contribution in [1.29, 1.82) is 0 Å². The summed E-state index contributed by atoms with van der Waals surface area (Å²) in [6.07, 6.45) is 5.62. The smallest absolute Gasteiger partial charge is 0.293 e. The first kappa shape index (κ1) is 13.1. The van der Waals surface area contributed by atoms with Crippen molar-refractivity contribution in [1.82, 2.24) is 0 Å². The molecule has 1 aliphatic carbocycles. The lowest BCUT2D eigenvalue weighted by molar-refractivity contribution is -0.279. The Morgan fingerprint density at radius 2 is 1.72 bits per heavy atom. The molecular formula is C15H20O3. The highest BCUT2D eigenvalue weighted by Crippen LogP contribution is 2.21. The van der Waals surface area contributed by atoms with Gasteiger partial charge in [-0.1, -0.05) is 37.5 Å². The van der Waals surface area contributed by atoms with Crippen LogP contribution in [0, 0.1) is 13.8 Å². The van der Waals surface area contributed by atoms with Crippen LogP contribution in [0.25, 0.3) is 0 Å². The van der Waals surface area contributed by atoms with Crippen molar-refractivity contribution in [2.75, 3.05) is 0 Å². The van der Waals surface area contributed by atoms with Gasteiger partial charge in [0.25, 0.3) is 0 Å². The van der Waals surface area contributed by atoms with Crippen LogP contribution in [0.5, 0.6) is 0 Å². The number of rotatable bonds is 3. The molecule has 98 valence electrons. The first-order chi connectivity index (χ1) is 8.68. The molecule has 0 amide bonds. The standard InChI is InChI=1S/C15H20O3/c1-11-7-6-8-12(2)14(11)15(16)18-17-13-9-4-3-5-10-13/h6-8,13H,3-5,9-10H2,1-2H3. The zero-order valence-electron chi connectivity index (χ0n) is 11.1. The van der Waals surface area contributed by atoms with Crippen LogP contribution in [-0.4, -0.2) is 12.1 Å². The highest BCUT2D eigenvalue weighted by atomic mass is 17.2. The average molecular weight is 248 g/mol. The third-order valence-electron chi connectivity index (χ3n) is 3.50. The first-order valence-electron chi connectivity index (χ1n) is 6.62. The van der Waals surface area contributed by atoms with E-state index in [1.165, 1.54) is 6.42 Å². The van der Waals surface area contributed by atoms with E-state index >= 15 is 0 Å². The maximum absolute atomic E-state index is 12.0. The number of carbonyl (C=O) groups excluding carboxylic acids is 1. The van der Waals surface area contributed by atoms with E-state index < -0.39 is 0 Å². The molecule has 0 spiro atoms. The summed E-state index contributed by atoms with van der Waals surface area (Å²) < 4.78 is 0. The summed E-state index contributed by atoms with van der Waals surface area (Å²) in [4.78, 5) is 22.2. The number of aryl methyl sites for hydroxylation is 2. The molecule has 0 unspecified atom stereocenters. The highest BCUT2D eigenvalue weighted by molar-refractivity contribution is 5.92. The molecule has 1 aliphatic rings. The lowest BCUT2D eigenvalue weighted by atomic mass is 9.98. The molecule has 1 aromatic carbocycles. The molecule has 0 bridgehead atoms. The minimum absolute atomic E-state index is 0.0759. The van der Waals surface area contributed by atoms with E-state index in [4.69, 9.17) is 9.78 Å². The maximum atomic E-state index is 12.0. The van der Waals surface area contributed by atoms with Gasteiger partial charge in [0.05, 0.1) is 5.56 Å². The molecule has 18 heavy (non-hydrogen) atoms. The fourth-order valence-electron chi connectivity index (χ4n) is 2.45. The van der Waals surface area contributed by atoms with Crippen LogP contribution in [0.4, 0.5) is 0 Å². The molecule has 1 fully saturated rings. The second kappa shape index (κ2) is 6.01. The third kappa shape index (κ3) is 3.10. The summed E-state index contributed by atoms with van der Waals surface area (Å²) in [5.74, 6) is -0.379. The lowest BCUT2D eigenvalue weighted by Gasteiger charge is -2.20. The topological polar surface area (TPSA) is 35.5 Å². The Hall–Kier alpha value is -1.35. The number of hydrogen-bond donors (Lipinski definition) is 0. The molecule has 0 atom stereocenters. The Balaban J connectivity index is 1.95. The summed E-state index contributed by atoms with van der Waals surface area (Å²) in [6, 6.07) is 5.75. The van der Waals surface area contributed by atoms with Crippen LogP contribution in [0.2, 0.25) is 0 Å². The van der Waals surface area contributed by atoms with Gasteiger partial charge in [-0.05, 0) is 37.8 Å². The fourth-order valence-corrected chi connectivity index (χ4v) is 2.45. The molecule has 0 aromatic heterocycles. The predicted octanol–water partition coefficient (Wildman–Crippen LogP) is 3.72. The van der Waals surface area contributed by atoms with Crippen LogP contribution in [0.15, 0.2) is 18.2 Å². The van der Waals surface area contributed by atoms with Gasteiger partial charge in [-0.3, -0.25) is 4.89 Å². The average Bonchev–Trinajstić information content (AvgIpc) is 2.37. The molecule has 0 radical (unpaired) electrons. The van der Waals surface area contributed by atoms with Crippen LogP contribution in [0.1, 0.15) is 53.6 Å². The van der Waals surface area contributed by atoms with E-state index in [1.807, 2.05) is 32.0 Å². The molecule has 1 saturated carbocycles. The SMILES string of the molecule is Cc1cccc(C)c1C(=O)OOC1CCCCC1. The summed E-state index contributed by atoms with van der Waals surface area (Å²) in [6.45, 7) is 3.81. The third-order valence-corrected chi connectivity index (χ3v) is 3.50. The van der Waals surface area contributed by atoms with Crippen LogP contribution in [0.3, 0.4) is 0 Å². The molecule has 0 heterocycles. The van der Waals surface area contributed by atoms with Gasteiger partial charge in [0.1, 0.15) is 6.10 Å². The van der Waals surface area contributed by atoms with E-state index in [-0.39, 0.29) is 12.1 Å². The van der Waals surface area contributed by atoms with Crippen molar-refractivity contribution >= 4 is 5.97 Å². The van der Waals surface area contributed by atoms with Crippen molar-refractivity contribution in [2.24, 2.45) is 0 Å². The van der Waals surface area contributed by atoms with Gasteiger partial charge in [-0.2, -0.15) is 4.89 Å². The van der Waals surface area contributed by atoms with Crippen molar-refractivity contribution in [3.8, 4) is 0 Å². The van der Waals surface area contributed by atoms with Crippen molar-refractivity contribution < 1.29 is 14.6 Å². The predicted molar refractivity (Wildman–Crippen MR) is 69.3 cm³/mol. The Labute approximate surface area is 108 Å². The molecule has 3 heteroatoms. The van der Waals surface area contributed by atoms with Gasteiger partial charge < -0.3 is 0 Å². The number of benzene rings is 1. The maximum Gasteiger partial charge on any atom is 0.373 e. The molecule has 0 aliphatic heterocycles. The Morgan fingerprint density at radius 1 is 1.11 bits per heavy atom. The molecule has 2 rings (SSSR count). The summed E-state index contributed by atoms with van der Waals surface area (Å²) in [5, 5.41) is 0. The lowest BCUT2D eigenvalue weighted by Crippen LogP contribution is -2.20. The molecule has 3 nitrogen and oxygen atoms in total. The van der Waals surface area contributed by atoms with Gasteiger partial charge in [-0.25, -0.2) is 4.79 Å². The van der Waals surface area contributed by atoms with Crippen LogP contribution in [-0.2, 0) is 9.78 Å². The summed E-state index contributed by atoms with van der Waals surface area (Å²) in [7, 11) is 0. The Morgan fingerprint density at radius 3 is 2.33 bits per heavy atom. The molecule has 1 aromatic rings. The van der Waals surface area contributed by atoms with E-state index in [0.717, 1.165) is 36.8 Å². The second-order valence-corrected chi connectivity index (χ2v) is 4.99. The van der Waals surface area contributed by atoms with Crippen molar-refractivity contribution in [3.05, 3.63) is 34.9 Å². The van der Waals surface area contributed by atoms with E-state index in [1.54, 1.807) is 0 Å². The van der Waals surface area contributed by atoms with Crippen molar-refractivity contribution in [2.45, 2.75) is 52.1 Å². The molecular weight excluding hydrogens is 228 g/mol. The number of hydrogen-bond acceptors (Lipinski definition) is 3. The van der Waals surface area contributed by atoms with Gasteiger partial charge in [0.2, 0.25) is 0 Å². The highest BCUT2D eigenvalue weighted by Gasteiger charge is 2.19. The van der Waals surface area contributed by atoms with Gasteiger partial charge in [0.15, 0.2) is 0 Å². The number of carbonyl (C=O) groups is 1. The second-order valence-electron chi connectivity index (χ2n) is 4.99. The van der Waals surface area contributed by atoms with E-state index in [0.29, 0.717) is 5.56 Å². The van der Waals surface area contributed by atoms with E-state index in [2.05, 4.69) is 0 Å². The zero-order chi connectivity index (χ0) is 13.0. The monoisotopic (exact) mass is 248 g/mol. The van der Waals surface area contributed by atoms with Gasteiger partial charge in [-0.15, -0.1) is 0 Å². The minimum atomic E-state index is -0.379. The van der Waals surface area contributed by atoms with Crippen LogP contribution >= 0.6 is 0 Å². The Kier molecular flexibility index (Phi) is 4.37.